The molecule has 0 saturated carbocycles. The average Bonchev–Trinajstić information content (AvgIpc) is 2.16. The second-order valence-corrected chi connectivity index (χ2v) is 4.94. The predicted molar refractivity (Wildman–Crippen MR) is 65.9 cm³/mol. The summed E-state index contributed by atoms with van der Waals surface area (Å²) < 4.78 is 11.7. The summed E-state index contributed by atoms with van der Waals surface area (Å²) in [6, 6.07) is 0. The van der Waals surface area contributed by atoms with E-state index in [1.807, 2.05) is 19.9 Å². The second-order valence-electron chi connectivity index (χ2n) is 4.94. The first-order valence-corrected chi connectivity index (χ1v) is 5.88. The van der Waals surface area contributed by atoms with Gasteiger partial charge in [0, 0.05) is 12.8 Å². The van der Waals surface area contributed by atoms with Crippen LogP contribution in [0, 0.1) is 18.3 Å². The monoisotopic (exact) mass is 222 g/mol. The van der Waals surface area contributed by atoms with Crippen molar-refractivity contribution in [2.24, 2.45) is 5.92 Å². The molecule has 0 aromatic rings. The van der Waals surface area contributed by atoms with Crippen LogP contribution in [0.3, 0.4) is 0 Å². The van der Waals surface area contributed by atoms with Crippen LogP contribution < -0.4 is 0 Å². The van der Waals surface area contributed by atoms with Crippen LogP contribution in [0.4, 0.5) is 0 Å². The molecule has 0 aromatic heterocycles. The zero-order valence-electron chi connectivity index (χ0n) is 10.5. The van der Waals surface area contributed by atoms with Gasteiger partial charge >= 0.3 is 0 Å². The first-order chi connectivity index (χ1) is 7.48. The maximum Gasteiger partial charge on any atom is 0.163 e. The molecule has 0 N–H and O–H groups in total. The summed E-state index contributed by atoms with van der Waals surface area (Å²) in [6.07, 6.45) is 10.1. The lowest BCUT2D eigenvalue weighted by Crippen LogP contribution is -2.46. The number of rotatable bonds is 4. The standard InChI is InChI=1S/C14H22O2/c1-6-8-11(3)13-10-12(9-7-2)15-14(4,5)16-13/h1,7,11-13H,2,8-10H2,3-5H3/t11-,12+,13+/m0/s1. The Morgan fingerprint density at radius 3 is 2.81 bits per heavy atom. The van der Waals surface area contributed by atoms with Crippen LogP contribution in [-0.2, 0) is 9.47 Å². The van der Waals surface area contributed by atoms with Gasteiger partial charge in [-0.2, -0.15) is 0 Å². The van der Waals surface area contributed by atoms with Crippen LogP contribution in [0.15, 0.2) is 12.7 Å². The minimum Gasteiger partial charge on any atom is -0.347 e. The van der Waals surface area contributed by atoms with Gasteiger partial charge < -0.3 is 9.47 Å². The van der Waals surface area contributed by atoms with Gasteiger partial charge in [0.25, 0.3) is 0 Å². The van der Waals surface area contributed by atoms with Crippen LogP contribution in [0.5, 0.6) is 0 Å². The molecule has 1 aliphatic heterocycles. The summed E-state index contributed by atoms with van der Waals surface area (Å²) in [6.45, 7) is 9.80. The van der Waals surface area contributed by atoms with E-state index in [9.17, 15) is 0 Å². The third kappa shape index (κ3) is 3.66. The summed E-state index contributed by atoms with van der Waals surface area (Å²) >= 11 is 0. The molecule has 16 heavy (non-hydrogen) atoms. The fourth-order valence-electron chi connectivity index (χ4n) is 2.15. The molecular weight excluding hydrogens is 200 g/mol. The molecule has 0 amide bonds. The van der Waals surface area contributed by atoms with Crippen molar-refractivity contribution in [2.45, 2.75) is 58.0 Å². The van der Waals surface area contributed by atoms with Gasteiger partial charge in [-0.25, -0.2) is 0 Å². The van der Waals surface area contributed by atoms with Crippen molar-refractivity contribution in [3.8, 4) is 12.3 Å². The molecule has 0 spiro atoms. The SMILES string of the molecule is C#CC[C@H](C)[C@H]1C[C@@H](CC=C)OC(C)(C)O1. The Hall–Kier alpha value is -0.780. The Bertz CT molecular complexity index is 275. The van der Waals surface area contributed by atoms with E-state index in [1.165, 1.54) is 0 Å². The van der Waals surface area contributed by atoms with Gasteiger partial charge in [-0.1, -0.05) is 13.0 Å². The van der Waals surface area contributed by atoms with Crippen molar-refractivity contribution >= 4 is 0 Å². The third-order valence-electron chi connectivity index (χ3n) is 2.88. The first kappa shape index (κ1) is 13.3. The minimum absolute atomic E-state index is 0.185. The minimum atomic E-state index is -0.514. The maximum absolute atomic E-state index is 5.91. The molecule has 1 fully saturated rings. The maximum atomic E-state index is 5.91. The molecule has 1 rings (SSSR count). The second kappa shape index (κ2) is 5.52. The van der Waals surface area contributed by atoms with E-state index in [0.717, 1.165) is 19.3 Å². The zero-order chi connectivity index (χ0) is 12.2. The highest BCUT2D eigenvalue weighted by Gasteiger charge is 2.36. The van der Waals surface area contributed by atoms with Crippen molar-refractivity contribution < 1.29 is 9.47 Å². The average molecular weight is 222 g/mol. The van der Waals surface area contributed by atoms with E-state index in [0.29, 0.717) is 5.92 Å². The van der Waals surface area contributed by atoms with Crippen LogP contribution in [0.2, 0.25) is 0 Å². The van der Waals surface area contributed by atoms with E-state index < -0.39 is 5.79 Å². The number of hydrogen-bond acceptors (Lipinski definition) is 2. The zero-order valence-corrected chi connectivity index (χ0v) is 10.5. The molecular formula is C14H22O2. The normalized spacial score (nSPS) is 30.4. The fraction of sp³-hybridized carbons (Fsp3) is 0.714. The van der Waals surface area contributed by atoms with Gasteiger partial charge in [0.1, 0.15) is 0 Å². The molecule has 0 radical (unpaired) electrons. The van der Waals surface area contributed by atoms with Crippen molar-refractivity contribution in [2.75, 3.05) is 0 Å². The van der Waals surface area contributed by atoms with E-state index in [-0.39, 0.29) is 12.2 Å². The van der Waals surface area contributed by atoms with Gasteiger partial charge in [-0.05, 0) is 26.2 Å². The largest absolute Gasteiger partial charge is 0.347 e. The molecule has 0 bridgehead atoms. The van der Waals surface area contributed by atoms with Crippen molar-refractivity contribution in [3.05, 3.63) is 12.7 Å². The topological polar surface area (TPSA) is 18.5 Å². The lowest BCUT2D eigenvalue weighted by Gasteiger charge is -2.42. The number of ether oxygens (including phenoxy) is 2. The Kier molecular flexibility index (Phi) is 4.58. The van der Waals surface area contributed by atoms with E-state index in [1.54, 1.807) is 0 Å². The molecule has 1 heterocycles. The number of terminal acetylenes is 1. The Balaban J connectivity index is 2.64. The Labute approximate surface area is 99.0 Å². The molecule has 1 aliphatic rings. The molecule has 1 saturated heterocycles. The highest BCUT2D eigenvalue weighted by Crippen LogP contribution is 2.32. The fourth-order valence-corrected chi connectivity index (χ4v) is 2.15. The van der Waals surface area contributed by atoms with Crippen molar-refractivity contribution in [3.63, 3.8) is 0 Å². The third-order valence-corrected chi connectivity index (χ3v) is 2.88. The summed E-state index contributed by atoms with van der Waals surface area (Å²) in [7, 11) is 0. The lowest BCUT2D eigenvalue weighted by molar-refractivity contribution is -0.306. The molecule has 0 unspecified atom stereocenters. The quantitative estimate of drug-likeness (QED) is 0.537. The van der Waals surface area contributed by atoms with Gasteiger partial charge in [0.15, 0.2) is 5.79 Å². The molecule has 0 aliphatic carbocycles. The number of hydrogen-bond donors (Lipinski definition) is 0. The predicted octanol–water partition coefficient (Wildman–Crippen LogP) is 3.13. The van der Waals surface area contributed by atoms with Crippen LogP contribution in [0.1, 0.15) is 40.0 Å². The molecule has 0 aromatic carbocycles. The van der Waals surface area contributed by atoms with Crippen molar-refractivity contribution in [1.29, 1.82) is 0 Å². The highest BCUT2D eigenvalue weighted by atomic mass is 16.7. The smallest absolute Gasteiger partial charge is 0.163 e. The summed E-state index contributed by atoms with van der Waals surface area (Å²) in [5.74, 6) is 2.56. The Morgan fingerprint density at radius 1 is 1.56 bits per heavy atom. The van der Waals surface area contributed by atoms with Gasteiger partial charge in [0.05, 0.1) is 12.2 Å². The van der Waals surface area contributed by atoms with Gasteiger partial charge in [0.2, 0.25) is 0 Å². The molecule has 2 heteroatoms. The molecule has 3 atom stereocenters. The van der Waals surface area contributed by atoms with Crippen molar-refractivity contribution in [1.82, 2.24) is 0 Å². The molecule has 90 valence electrons. The van der Waals surface area contributed by atoms with E-state index in [4.69, 9.17) is 15.9 Å². The highest BCUT2D eigenvalue weighted by molar-refractivity contribution is 4.91. The summed E-state index contributed by atoms with van der Waals surface area (Å²) in [5, 5.41) is 0. The van der Waals surface area contributed by atoms with E-state index in [2.05, 4.69) is 19.4 Å². The van der Waals surface area contributed by atoms with Crippen LogP contribution >= 0.6 is 0 Å². The summed E-state index contributed by atoms with van der Waals surface area (Å²) in [4.78, 5) is 0. The lowest BCUT2D eigenvalue weighted by atomic mass is 9.93. The van der Waals surface area contributed by atoms with Gasteiger partial charge in [-0.3, -0.25) is 0 Å². The van der Waals surface area contributed by atoms with E-state index >= 15 is 0 Å². The van der Waals surface area contributed by atoms with Crippen LogP contribution in [-0.4, -0.2) is 18.0 Å². The first-order valence-electron chi connectivity index (χ1n) is 5.88. The summed E-state index contributed by atoms with van der Waals surface area (Å²) in [5.41, 5.74) is 0. The van der Waals surface area contributed by atoms with Crippen LogP contribution in [0.25, 0.3) is 0 Å². The molecule has 2 nitrogen and oxygen atoms in total. The van der Waals surface area contributed by atoms with Gasteiger partial charge in [-0.15, -0.1) is 18.9 Å². The Morgan fingerprint density at radius 2 is 2.25 bits per heavy atom.